The lowest BCUT2D eigenvalue weighted by Crippen LogP contribution is -2.21. The zero-order valence-electron chi connectivity index (χ0n) is 6.80. The highest BCUT2D eigenvalue weighted by molar-refractivity contribution is 7.88. The van der Waals surface area contributed by atoms with Crippen molar-refractivity contribution in [1.29, 1.82) is 0 Å². The van der Waals surface area contributed by atoms with Crippen molar-refractivity contribution in [2.45, 2.75) is 0 Å². The third-order valence-electron chi connectivity index (χ3n) is 1.32. The number of ether oxygens (including phenoxy) is 1. The number of carbonyl (C=O) groups is 1. The SMILES string of the molecule is N[S+]([O-])COC(=O)c1ccccc1. The molecule has 0 fully saturated rings. The van der Waals surface area contributed by atoms with Crippen molar-refractivity contribution in [3.63, 3.8) is 0 Å². The Morgan fingerprint density at radius 2 is 2.08 bits per heavy atom. The van der Waals surface area contributed by atoms with E-state index < -0.39 is 17.3 Å². The van der Waals surface area contributed by atoms with Gasteiger partial charge in [0.25, 0.3) is 5.94 Å². The Morgan fingerprint density at radius 1 is 1.46 bits per heavy atom. The maximum atomic E-state index is 11.1. The number of hydrogen-bond donors (Lipinski definition) is 1. The second-order valence-electron chi connectivity index (χ2n) is 2.30. The minimum Gasteiger partial charge on any atom is -0.595 e. The van der Waals surface area contributed by atoms with Crippen LogP contribution in [0.5, 0.6) is 0 Å². The third kappa shape index (κ3) is 3.45. The van der Waals surface area contributed by atoms with Gasteiger partial charge in [0.15, 0.2) is 0 Å². The first-order chi connectivity index (χ1) is 6.20. The Labute approximate surface area is 79.0 Å². The van der Waals surface area contributed by atoms with Gasteiger partial charge >= 0.3 is 5.97 Å². The van der Waals surface area contributed by atoms with E-state index in [9.17, 15) is 9.35 Å². The second kappa shape index (κ2) is 4.86. The molecule has 13 heavy (non-hydrogen) atoms. The smallest absolute Gasteiger partial charge is 0.341 e. The minimum absolute atomic E-state index is 0.270. The highest BCUT2D eigenvalue weighted by Gasteiger charge is 2.08. The molecule has 0 saturated heterocycles. The first kappa shape index (κ1) is 10.0. The molecular weight excluding hydrogens is 190 g/mol. The van der Waals surface area contributed by atoms with Crippen molar-refractivity contribution in [2.75, 3.05) is 5.94 Å². The van der Waals surface area contributed by atoms with Crippen molar-refractivity contribution < 1.29 is 14.1 Å². The Hall–Kier alpha value is -1.04. The average Bonchev–Trinajstić information content (AvgIpc) is 2.15. The molecule has 5 heteroatoms. The third-order valence-corrected chi connectivity index (χ3v) is 1.67. The molecule has 0 aliphatic carbocycles. The molecule has 0 bridgehead atoms. The molecular formula is C8H9NO3S. The number of hydrogen-bond acceptors (Lipinski definition) is 4. The van der Waals surface area contributed by atoms with Gasteiger partial charge in [-0.25, -0.2) is 4.79 Å². The van der Waals surface area contributed by atoms with Gasteiger partial charge in [-0.1, -0.05) is 18.2 Å². The van der Waals surface area contributed by atoms with Crippen LogP contribution >= 0.6 is 0 Å². The zero-order chi connectivity index (χ0) is 9.68. The van der Waals surface area contributed by atoms with Crippen LogP contribution in [0.2, 0.25) is 0 Å². The van der Waals surface area contributed by atoms with Gasteiger partial charge in [-0.3, -0.25) is 0 Å². The standard InChI is InChI=1S/C8H9NO3S/c9-13(11)6-12-8(10)7-4-2-1-3-5-7/h1-5H,6,9H2. The van der Waals surface area contributed by atoms with Crippen LogP contribution in [0.3, 0.4) is 0 Å². The summed E-state index contributed by atoms with van der Waals surface area (Å²) in [4.78, 5) is 11.1. The lowest BCUT2D eigenvalue weighted by Gasteiger charge is -2.04. The Balaban J connectivity index is 2.50. The maximum absolute atomic E-state index is 11.1. The summed E-state index contributed by atoms with van der Waals surface area (Å²) in [5, 5.41) is 4.91. The fourth-order valence-electron chi connectivity index (χ4n) is 0.769. The van der Waals surface area contributed by atoms with Gasteiger partial charge in [-0.15, -0.1) is 5.14 Å². The zero-order valence-corrected chi connectivity index (χ0v) is 7.62. The molecule has 1 aromatic rings. The van der Waals surface area contributed by atoms with Crippen LogP contribution < -0.4 is 5.14 Å². The molecule has 0 radical (unpaired) electrons. The average molecular weight is 199 g/mol. The van der Waals surface area contributed by atoms with E-state index in [1.807, 2.05) is 0 Å². The van der Waals surface area contributed by atoms with E-state index in [1.165, 1.54) is 0 Å². The molecule has 1 aromatic carbocycles. The van der Waals surface area contributed by atoms with Crippen LogP contribution in [0, 0.1) is 0 Å². The van der Waals surface area contributed by atoms with Crippen LogP contribution in [0.15, 0.2) is 30.3 Å². The van der Waals surface area contributed by atoms with Gasteiger partial charge in [0.1, 0.15) is 0 Å². The van der Waals surface area contributed by atoms with Crippen LogP contribution in [0.25, 0.3) is 0 Å². The van der Waals surface area contributed by atoms with Crippen LogP contribution in [0.4, 0.5) is 0 Å². The van der Waals surface area contributed by atoms with Crippen LogP contribution in [-0.4, -0.2) is 16.5 Å². The van der Waals surface area contributed by atoms with Crippen molar-refractivity contribution in [3.05, 3.63) is 35.9 Å². The van der Waals surface area contributed by atoms with Crippen LogP contribution in [0.1, 0.15) is 10.4 Å². The van der Waals surface area contributed by atoms with Gasteiger partial charge in [0.05, 0.1) is 16.9 Å². The molecule has 70 valence electrons. The quantitative estimate of drug-likeness (QED) is 0.565. The summed E-state index contributed by atoms with van der Waals surface area (Å²) in [5.41, 5.74) is 0.424. The minimum atomic E-state index is -1.60. The van der Waals surface area contributed by atoms with E-state index in [0.717, 1.165) is 0 Å². The van der Waals surface area contributed by atoms with E-state index in [1.54, 1.807) is 30.3 Å². The summed E-state index contributed by atoms with van der Waals surface area (Å²) in [7, 11) is 0. The van der Waals surface area contributed by atoms with Crippen molar-refractivity contribution in [1.82, 2.24) is 0 Å². The molecule has 1 rings (SSSR count). The van der Waals surface area contributed by atoms with E-state index in [-0.39, 0.29) is 5.94 Å². The molecule has 4 nitrogen and oxygen atoms in total. The summed E-state index contributed by atoms with van der Waals surface area (Å²) in [6.07, 6.45) is 0. The summed E-state index contributed by atoms with van der Waals surface area (Å²) < 4.78 is 15.0. The molecule has 0 aromatic heterocycles. The monoisotopic (exact) mass is 199 g/mol. The van der Waals surface area contributed by atoms with Crippen molar-refractivity contribution in [3.8, 4) is 0 Å². The van der Waals surface area contributed by atoms with Crippen molar-refractivity contribution >= 4 is 17.3 Å². The van der Waals surface area contributed by atoms with E-state index in [0.29, 0.717) is 5.56 Å². The predicted molar refractivity (Wildman–Crippen MR) is 49.1 cm³/mol. The molecule has 0 aliphatic rings. The van der Waals surface area contributed by atoms with E-state index >= 15 is 0 Å². The second-order valence-corrected chi connectivity index (χ2v) is 3.29. The maximum Gasteiger partial charge on any atom is 0.341 e. The number of benzene rings is 1. The van der Waals surface area contributed by atoms with Gasteiger partial charge in [-0.2, -0.15) is 0 Å². The normalized spacial score (nSPS) is 12.2. The topological polar surface area (TPSA) is 75.4 Å². The highest BCUT2D eigenvalue weighted by Crippen LogP contribution is 2.01. The fourth-order valence-corrected chi connectivity index (χ4v) is 0.992. The predicted octanol–water partition coefficient (Wildman–Crippen LogP) is 0.423. The fraction of sp³-hybridized carbons (Fsp3) is 0.125. The molecule has 2 N–H and O–H groups in total. The number of carbonyl (C=O) groups excluding carboxylic acids is 1. The molecule has 0 heterocycles. The summed E-state index contributed by atoms with van der Waals surface area (Å²) >= 11 is -1.60. The molecule has 0 saturated carbocycles. The first-order valence-corrected chi connectivity index (χ1v) is 4.93. The Morgan fingerprint density at radius 3 is 2.62 bits per heavy atom. The summed E-state index contributed by atoms with van der Waals surface area (Å²) in [6.45, 7) is 0. The molecule has 1 unspecified atom stereocenters. The van der Waals surface area contributed by atoms with E-state index in [2.05, 4.69) is 4.74 Å². The largest absolute Gasteiger partial charge is 0.595 e. The molecule has 0 amide bonds. The molecule has 1 atom stereocenters. The number of esters is 1. The highest BCUT2D eigenvalue weighted by atomic mass is 32.2. The van der Waals surface area contributed by atoms with Gasteiger partial charge in [0.2, 0.25) is 0 Å². The lowest BCUT2D eigenvalue weighted by molar-refractivity contribution is 0.0571. The lowest BCUT2D eigenvalue weighted by atomic mass is 10.2. The van der Waals surface area contributed by atoms with Gasteiger partial charge < -0.3 is 9.29 Å². The number of nitrogens with two attached hydrogens (primary N) is 1. The Bertz CT molecular complexity index is 276. The number of rotatable bonds is 3. The molecule has 0 aliphatic heterocycles. The van der Waals surface area contributed by atoms with E-state index in [4.69, 9.17) is 5.14 Å². The van der Waals surface area contributed by atoms with Gasteiger partial charge in [-0.05, 0) is 12.1 Å². The molecule has 0 spiro atoms. The first-order valence-electron chi connectivity index (χ1n) is 3.55. The summed E-state index contributed by atoms with van der Waals surface area (Å²) in [6, 6.07) is 8.45. The van der Waals surface area contributed by atoms with Crippen LogP contribution in [-0.2, 0) is 16.1 Å². The van der Waals surface area contributed by atoms with Gasteiger partial charge in [0, 0.05) is 0 Å². The van der Waals surface area contributed by atoms with Crippen molar-refractivity contribution in [2.24, 2.45) is 5.14 Å². The summed E-state index contributed by atoms with van der Waals surface area (Å²) in [5.74, 6) is -0.785. The Kier molecular flexibility index (Phi) is 3.75.